The van der Waals surface area contributed by atoms with Crippen molar-refractivity contribution in [1.82, 2.24) is 5.32 Å². The number of aryl methyl sites for hydroxylation is 1. The van der Waals surface area contributed by atoms with Crippen LogP contribution < -0.4 is 5.32 Å². The van der Waals surface area contributed by atoms with Crippen molar-refractivity contribution in [3.05, 3.63) is 21.9 Å². The topological polar surface area (TPSA) is 32.3 Å². The summed E-state index contributed by atoms with van der Waals surface area (Å²) in [6.07, 6.45) is 4.51. The Bertz CT molecular complexity index is 348. The maximum atomic E-state index is 9.36. The van der Waals surface area contributed by atoms with Gasteiger partial charge in [-0.15, -0.1) is 11.3 Å². The van der Waals surface area contributed by atoms with Gasteiger partial charge in [0.2, 0.25) is 0 Å². The van der Waals surface area contributed by atoms with E-state index in [0.29, 0.717) is 12.0 Å². The number of nitrogens with one attached hydrogen (secondary N) is 1. The molecule has 1 aromatic heterocycles. The van der Waals surface area contributed by atoms with Crippen LogP contribution in [0.4, 0.5) is 0 Å². The van der Waals surface area contributed by atoms with Crippen LogP contribution in [0.25, 0.3) is 0 Å². The van der Waals surface area contributed by atoms with Gasteiger partial charge < -0.3 is 10.4 Å². The summed E-state index contributed by atoms with van der Waals surface area (Å²) in [7, 11) is 0. The Morgan fingerprint density at radius 2 is 2.35 bits per heavy atom. The van der Waals surface area contributed by atoms with Crippen molar-refractivity contribution >= 4 is 11.3 Å². The maximum Gasteiger partial charge on any atom is 0.0515 e. The molecule has 0 spiro atoms. The minimum atomic E-state index is -0.185. The molecule has 1 heterocycles. The van der Waals surface area contributed by atoms with Crippen LogP contribution in [0.15, 0.2) is 11.4 Å². The molecular weight excluding hydrogens is 230 g/mol. The highest BCUT2D eigenvalue weighted by Gasteiger charge is 2.21. The van der Waals surface area contributed by atoms with Gasteiger partial charge in [0.1, 0.15) is 0 Å². The number of fused-ring (bicyclic) bond motifs is 1. The first kappa shape index (κ1) is 13.1. The van der Waals surface area contributed by atoms with E-state index in [9.17, 15) is 5.11 Å². The van der Waals surface area contributed by atoms with Crippen molar-refractivity contribution in [3.8, 4) is 0 Å². The minimum absolute atomic E-state index is 0.185. The Hall–Kier alpha value is -0.380. The van der Waals surface area contributed by atoms with Crippen molar-refractivity contribution in [1.29, 1.82) is 0 Å². The summed E-state index contributed by atoms with van der Waals surface area (Å²) < 4.78 is 0. The zero-order valence-electron chi connectivity index (χ0n) is 10.8. The van der Waals surface area contributed by atoms with Crippen molar-refractivity contribution in [2.45, 2.75) is 51.7 Å². The Morgan fingerprint density at radius 1 is 1.53 bits per heavy atom. The fourth-order valence-corrected chi connectivity index (χ4v) is 3.70. The lowest BCUT2D eigenvalue weighted by molar-refractivity contribution is 0.162. The van der Waals surface area contributed by atoms with Crippen LogP contribution in [0.2, 0.25) is 0 Å². The molecule has 0 amide bonds. The molecule has 2 nitrogen and oxygen atoms in total. The summed E-state index contributed by atoms with van der Waals surface area (Å²) in [6, 6.07) is 2.82. The van der Waals surface area contributed by atoms with Gasteiger partial charge in [-0.2, -0.15) is 0 Å². The molecule has 0 radical (unpaired) electrons. The van der Waals surface area contributed by atoms with E-state index in [1.54, 1.807) is 4.88 Å². The number of hydrogen-bond donors (Lipinski definition) is 2. The number of hydrogen-bond acceptors (Lipinski definition) is 3. The fourth-order valence-electron chi connectivity index (χ4n) is 2.71. The second-order valence-corrected chi connectivity index (χ2v) is 6.34. The molecule has 17 heavy (non-hydrogen) atoms. The third kappa shape index (κ3) is 3.54. The first-order valence-corrected chi connectivity index (χ1v) is 7.52. The van der Waals surface area contributed by atoms with E-state index in [-0.39, 0.29) is 6.10 Å². The van der Waals surface area contributed by atoms with Crippen LogP contribution in [0.3, 0.4) is 0 Å². The number of aliphatic hydroxyl groups is 1. The van der Waals surface area contributed by atoms with Crippen molar-refractivity contribution in [3.63, 3.8) is 0 Å². The lowest BCUT2D eigenvalue weighted by Crippen LogP contribution is -2.29. The standard InChI is InChI=1S/C14H23NOS/c1-10(8-11(2)16)9-15-13-4-3-5-14-12(13)6-7-17-14/h6-7,10-11,13,15-16H,3-5,8-9H2,1-2H3. The highest BCUT2D eigenvalue weighted by molar-refractivity contribution is 7.10. The lowest BCUT2D eigenvalue weighted by atomic mass is 9.93. The summed E-state index contributed by atoms with van der Waals surface area (Å²) in [5.74, 6) is 0.541. The zero-order valence-corrected chi connectivity index (χ0v) is 11.6. The van der Waals surface area contributed by atoms with Crippen LogP contribution in [-0.4, -0.2) is 17.8 Å². The molecule has 0 saturated heterocycles. The molecule has 2 N–H and O–H groups in total. The van der Waals surface area contributed by atoms with E-state index in [4.69, 9.17) is 0 Å². The van der Waals surface area contributed by atoms with E-state index in [2.05, 4.69) is 23.7 Å². The quantitative estimate of drug-likeness (QED) is 0.845. The SMILES string of the molecule is CC(O)CC(C)CNC1CCCc2sccc21. The summed E-state index contributed by atoms with van der Waals surface area (Å²) >= 11 is 1.89. The monoisotopic (exact) mass is 253 g/mol. The van der Waals surface area contributed by atoms with Gasteiger partial charge in [0, 0.05) is 10.9 Å². The van der Waals surface area contributed by atoms with Gasteiger partial charge in [-0.3, -0.25) is 0 Å². The highest BCUT2D eigenvalue weighted by Crippen LogP contribution is 2.33. The average Bonchev–Trinajstić information content (AvgIpc) is 2.73. The molecule has 0 fully saturated rings. The summed E-state index contributed by atoms with van der Waals surface area (Å²) in [4.78, 5) is 1.57. The molecule has 1 aliphatic carbocycles. The Labute approximate surface area is 108 Å². The highest BCUT2D eigenvalue weighted by atomic mass is 32.1. The predicted octanol–water partition coefficient (Wildman–Crippen LogP) is 3.12. The maximum absolute atomic E-state index is 9.36. The third-order valence-electron chi connectivity index (χ3n) is 3.51. The second-order valence-electron chi connectivity index (χ2n) is 5.34. The predicted molar refractivity (Wildman–Crippen MR) is 73.5 cm³/mol. The van der Waals surface area contributed by atoms with E-state index >= 15 is 0 Å². The van der Waals surface area contributed by atoms with E-state index < -0.39 is 0 Å². The van der Waals surface area contributed by atoms with Crippen LogP contribution in [0.1, 0.15) is 49.6 Å². The third-order valence-corrected chi connectivity index (χ3v) is 4.50. The van der Waals surface area contributed by atoms with Gasteiger partial charge >= 0.3 is 0 Å². The molecule has 0 aliphatic heterocycles. The molecular formula is C14H23NOS. The van der Waals surface area contributed by atoms with Gasteiger partial charge in [0.05, 0.1) is 6.10 Å². The van der Waals surface area contributed by atoms with E-state index in [0.717, 1.165) is 13.0 Å². The van der Waals surface area contributed by atoms with E-state index in [1.165, 1.54) is 24.8 Å². The first-order chi connectivity index (χ1) is 8.16. The Balaban J connectivity index is 1.85. The minimum Gasteiger partial charge on any atom is -0.393 e. The summed E-state index contributed by atoms with van der Waals surface area (Å²) in [5.41, 5.74) is 1.52. The van der Waals surface area contributed by atoms with Crippen LogP contribution >= 0.6 is 11.3 Å². The summed E-state index contributed by atoms with van der Waals surface area (Å²) in [6.45, 7) is 5.08. The van der Waals surface area contributed by atoms with Gasteiger partial charge in [0.25, 0.3) is 0 Å². The first-order valence-electron chi connectivity index (χ1n) is 6.64. The van der Waals surface area contributed by atoms with E-state index in [1.807, 2.05) is 18.3 Å². The molecule has 3 heteroatoms. The second kappa shape index (κ2) is 5.98. The van der Waals surface area contributed by atoms with Gasteiger partial charge in [0.15, 0.2) is 0 Å². The molecule has 96 valence electrons. The Morgan fingerprint density at radius 3 is 3.12 bits per heavy atom. The summed E-state index contributed by atoms with van der Waals surface area (Å²) in [5, 5.41) is 15.2. The van der Waals surface area contributed by atoms with Crippen LogP contribution in [0.5, 0.6) is 0 Å². The van der Waals surface area contributed by atoms with Crippen molar-refractivity contribution in [2.75, 3.05) is 6.54 Å². The average molecular weight is 253 g/mol. The molecule has 3 atom stereocenters. The number of rotatable bonds is 5. The van der Waals surface area contributed by atoms with Crippen molar-refractivity contribution < 1.29 is 5.11 Å². The molecule has 0 bridgehead atoms. The van der Waals surface area contributed by atoms with Gasteiger partial charge in [-0.05, 0) is 62.1 Å². The molecule has 3 unspecified atom stereocenters. The zero-order chi connectivity index (χ0) is 12.3. The fraction of sp³-hybridized carbons (Fsp3) is 0.714. The largest absolute Gasteiger partial charge is 0.393 e. The van der Waals surface area contributed by atoms with Crippen LogP contribution in [-0.2, 0) is 6.42 Å². The van der Waals surface area contributed by atoms with Crippen LogP contribution in [0, 0.1) is 5.92 Å². The molecule has 2 rings (SSSR count). The molecule has 0 aromatic carbocycles. The lowest BCUT2D eigenvalue weighted by Gasteiger charge is -2.25. The molecule has 1 aromatic rings. The normalized spacial score (nSPS) is 23.1. The molecule has 1 aliphatic rings. The number of aliphatic hydroxyl groups excluding tert-OH is 1. The van der Waals surface area contributed by atoms with Gasteiger partial charge in [-0.25, -0.2) is 0 Å². The smallest absolute Gasteiger partial charge is 0.0515 e. The number of thiophene rings is 1. The van der Waals surface area contributed by atoms with Crippen molar-refractivity contribution in [2.24, 2.45) is 5.92 Å². The van der Waals surface area contributed by atoms with Gasteiger partial charge in [-0.1, -0.05) is 6.92 Å². The Kier molecular flexibility index (Phi) is 4.60. The molecule has 0 saturated carbocycles.